The summed E-state index contributed by atoms with van der Waals surface area (Å²) in [6.45, 7) is 7.35. The van der Waals surface area contributed by atoms with Crippen LogP contribution in [0.5, 0.6) is 0 Å². The van der Waals surface area contributed by atoms with Crippen molar-refractivity contribution < 1.29 is 4.79 Å². The average Bonchev–Trinajstić information content (AvgIpc) is 3.04. The lowest BCUT2D eigenvalue weighted by Gasteiger charge is -2.34. The summed E-state index contributed by atoms with van der Waals surface area (Å²) in [5.74, 6) is 0. The second-order valence-corrected chi connectivity index (χ2v) is 6.31. The molecule has 2 fully saturated rings. The van der Waals surface area contributed by atoms with Gasteiger partial charge in [-0.05, 0) is 65.8 Å². The molecule has 0 radical (unpaired) electrons. The highest BCUT2D eigenvalue weighted by Crippen LogP contribution is 2.19. The number of nitrogens with zero attached hydrogens (tertiary/aromatic N) is 2. The highest BCUT2D eigenvalue weighted by Gasteiger charge is 2.24. The SMILES string of the molecule is CN1CCC(N2CCCC2)CC1.Cc1ccc(C=O)cc1. The monoisotopic (exact) mass is 288 g/mol. The fraction of sp³-hybridized carbons (Fsp3) is 0.611. The van der Waals surface area contributed by atoms with Gasteiger partial charge in [-0.25, -0.2) is 0 Å². The van der Waals surface area contributed by atoms with E-state index < -0.39 is 0 Å². The topological polar surface area (TPSA) is 23.6 Å². The first-order valence-electron chi connectivity index (χ1n) is 8.13. The Balaban J connectivity index is 0.000000161. The molecule has 3 heteroatoms. The normalized spacial score (nSPS) is 20.9. The lowest BCUT2D eigenvalue weighted by molar-refractivity contribution is 0.112. The van der Waals surface area contributed by atoms with Gasteiger partial charge < -0.3 is 9.80 Å². The number of aldehydes is 1. The quantitative estimate of drug-likeness (QED) is 0.782. The van der Waals surface area contributed by atoms with Crippen LogP contribution < -0.4 is 0 Å². The zero-order valence-electron chi connectivity index (χ0n) is 13.4. The van der Waals surface area contributed by atoms with E-state index >= 15 is 0 Å². The molecule has 21 heavy (non-hydrogen) atoms. The Morgan fingerprint density at radius 3 is 2.10 bits per heavy atom. The molecule has 0 unspecified atom stereocenters. The van der Waals surface area contributed by atoms with Crippen molar-refractivity contribution in [3.63, 3.8) is 0 Å². The van der Waals surface area contributed by atoms with Gasteiger partial charge in [0.2, 0.25) is 0 Å². The molecule has 2 heterocycles. The van der Waals surface area contributed by atoms with Gasteiger partial charge in [0.1, 0.15) is 6.29 Å². The van der Waals surface area contributed by atoms with E-state index in [1.54, 1.807) is 0 Å². The van der Waals surface area contributed by atoms with Gasteiger partial charge in [0.15, 0.2) is 0 Å². The summed E-state index contributed by atoms with van der Waals surface area (Å²) in [5.41, 5.74) is 1.92. The van der Waals surface area contributed by atoms with E-state index in [1.165, 1.54) is 57.4 Å². The summed E-state index contributed by atoms with van der Waals surface area (Å²) in [6, 6.07) is 8.38. The van der Waals surface area contributed by atoms with Gasteiger partial charge in [0.25, 0.3) is 0 Å². The third-order valence-electron chi connectivity index (χ3n) is 4.56. The van der Waals surface area contributed by atoms with Crippen molar-refractivity contribution in [2.24, 2.45) is 0 Å². The van der Waals surface area contributed by atoms with Crippen LogP contribution in [0.25, 0.3) is 0 Å². The lowest BCUT2D eigenvalue weighted by Crippen LogP contribution is -2.42. The predicted molar refractivity (Wildman–Crippen MR) is 87.9 cm³/mol. The van der Waals surface area contributed by atoms with Crippen LogP contribution in [0.2, 0.25) is 0 Å². The van der Waals surface area contributed by atoms with E-state index in [2.05, 4.69) is 16.8 Å². The van der Waals surface area contributed by atoms with Gasteiger partial charge in [-0.15, -0.1) is 0 Å². The molecule has 2 aliphatic heterocycles. The Morgan fingerprint density at radius 2 is 1.57 bits per heavy atom. The van der Waals surface area contributed by atoms with Gasteiger partial charge in [-0.2, -0.15) is 0 Å². The molecule has 3 rings (SSSR count). The number of carbonyl (C=O) groups is 1. The first-order chi connectivity index (χ1) is 10.2. The van der Waals surface area contributed by atoms with Crippen molar-refractivity contribution in [3.8, 4) is 0 Å². The van der Waals surface area contributed by atoms with Gasteiger partial charge in [0, 0.05) is 11.6 Å². The maximum absolute atomic E-state index is 10.1. The predicted octanol–water partition coefficient (Wildman–Crippen LogP) is 2.98. The van der Waals surface area contributed by atoms with Crippen LogP contribution in [-0.4, -0.2) is 55.4 Å². The van der Waals surface area contributed by atoms with Crippen molar-refractivity contribution in [1.82, 2.24) is 9.80 Å². The van der Waals surface area contributed by atoms with Gasteiger partial charge in [-0.1, -0.05) is 29.8 Å². The van der Waals surface area contributed by atoms with Crippen molar-refractivity contribution in [3.05, 3.63) is 35.4 Å². The number of hydrogen-bond donors (Lipinski definition) is 0. The molecule has 0 saturated carbocycles. The van der Waals surface area contributed by atoms with Crippen LogP contribution in [0.3, 0.4) is 0 Å². The molecule has 0 aromatic heterocycles. The molecule has 0 aliphatic carbocycles. The minimum atomic E-state index is 0.737. The van der Waals surface area contributed by atoms with Crippen molar-refractivity contribution >= 4 is 6.29 Å². The van der Waals surface area contributed by atoms with Crippen LogP contribution in [0.1, 0.15) is 41.6 Å². The summed E-state index contributed by atoms with van der Waals surface area (Å²) in [5, 5.41) is 0. The molecule has 0 N–H and O–H groups in total. The van der Waals surface area contributed by atoms with Crippen molar-refractivity contribution in [2.75, 3.05) is 33.2 Å². The molecule has 1 aromatic rings. The van der Waals surface area contributed by atoms with Crippen LogP contribution >= 0.6 is 0 Å². The van der Waals surface area contributed by atoms with E-state index in [4.69, 9.17) is 0 Å². The minimum absolute atomic E-state index is 0.737. The van der Waals surface area contributed by atoms with E-state index in [1.807, 2.05) is 31.2 Å². The fourth-order valence-electron chi connectivity index (χ4n) is 3.11. The van der Waals surface area contributed by atoms with Gasteiger partial charge >= 0.3 is 0 Å². The Kier molecular flexibility index (Phi) is 6.40. The third-order valence-corrected chi connectivity index (χ3v) is 4.56. The number of hydrogen-bond acceptors (Lipinski definition) is 3. The van der Waals surface area contributed by atoms with E-state index in [9.17, 15) is 4.79 Å². The van der Waals surface area contributed by atoms with E-state index in [0.717, 1.165) is 17.9 Å². The number of carbonyl (C=O) groups excluding carboxylic acids is 1. The summed E-state index contributed by atoms with van der Waals surface area (Å²) in [4.78, 5) is 15.3. The molecule has 2 saturated heterocycles. The molecule has 116 valence electrons. The number of piperidine rings is 1. The molecule has 1 aromatic carbocycles. The Hall–Kier alpha value is -1.19. The molecule has 0 amide bonds. The Morgan fingerprint density at radius 1 is 1.00 bits per heavy atom. The van der Waals surface area contributed by atoms with Crippen molar-refractivity contribution in [1.29, 1.82) is 0 Å². The second-order valence-electron chi connectivity index (χ2n) is 6.31. The Bertz CT molecular complexity index is 415. The van der Waals surface area contributed by atoms with Crippen LogP contribution in [0.15, 0.2) is 24.3 Å². The molecular formula is C18H28N2O. The van der Waals surface area contributed by atoms with E-state index in [0.29, 0.717) is 0 Å². The summed E-state index contributed by atoms with van der Waals surface area (Å²) < 4.78 is 0. The largest absolute Gasteiger partial charge is 0.306 e. The zero-order chi connectivity index (χ0) is 15.1. The molecule has 0 atom stereocenters. The zero-order valence-corrected chi connectivity index (χ0v) is 13.4. The summed E-state index contributed by atoms with van der Waals surface area (Å²) >= 11 is 0. The number of likely N-dealkylation sites (tertiary alicyclic amines) is 2. The molecule has 3 nitrogen and oxygen atoms in total. The van der Waals surface area contributed by atoms with Crippen LogP contribution in [-0.2, 0) is 0 Å². The van der Waals surface area contributed by atoms with Gasteiger partial charge in [-0.3, -0.25) is 4.79 Å². The summed E-state index contributed by atoms with van der Waals surface area (Å²) in [7, 11) is 2.24. The van der Waals surface area contributed by atoms with E-state index in [-0.39, 0.29) is 0 Å². The third kappa shape index (κ3) is 5.25. The highest BCUT2D eigenvalue weighted by molar-refractivity contribution is 5.74. The lowest BCUT2D eigenvalue weighted by atomic mass is 10.0. The number of rotatable bonds is 2. The highest BCUT2D eigenvalue weighted by atomic mass is 16.1. The second kappa shape index (κ2) is 8.30. The van der Waals surface area contributed by atoms with Crippen molar-refractivity contribution in [2.45, 2.75) is 38.6 Å². The summed E-state index contributed by atoms with van der Waals surface area (Å²) in [6.07, 6.45) is 6.52. The van der Waals surface area contributed by atoms with Gasteiger partial charge in [0.05, 0.1) is 0 Å². The molecule has 0 spiro atoms. The Labute approximate surface area is 128 Å². The number of benzene rings is 1. The first kappa shape index (κ1) is 16.2. The fourth-order valence-corrected chi connectivity index (χ4v) is 3.11. The molecular weight excluding hydrogens is 260 g/mol. The first-order valence-corrected chi connectivity index (χ1v) is 8.13. The maximum Gasteiger partial charge on any atom is 0.150 e. The molecule has 0 bridgehead atoms. The minimum Gasteiger partial charge on any atom is -0.306 e. The molecule has 2 aliphatic rings. The van der Waals surface area contributed by atoms with Crippen LogP contribution in [0.4, 0.5) is 0 Å². The maximum atomic E-state index is 10.1. The standard InChI is InChI=1S/C10H20N2.C8H8O/c1-11-8-4-10(5-9-11)12-6-2-3-7-12;1-7-2-4-8(6-9)5-3-7/h10H,2-9H2,1H3;2-6H,1H3. The number of aryl methyl sites for hydroxylation is 1. The smallest absolute Gasteiger partial charge is 0.150 e. The van der Waals surface area contributed by atoms with Crippen LogP contribution in [0, 0.1) is 6.92 Å². The average molecular weight is 288 g/mol.